The zero-order valence-corrected chi connectivity index (χ0v) is 16.6. The Morgan fingerprint density at radius 3 is 2.48 bits per heavy atom. The van der Waals surface area contributed by atoms with E-state index in [-0.39, 0.29) is 11.9 Å². The Morgan fingerprint density at radius 2 is 1.85 bits per heavy atom. The van der Waals surface area contributed by atoms with E-state index >= 15 is 0 Å². The zero-order valence-electron chi connectivity index (χ0n) is 15.8. The van der Waals surface area contributed by atoms with Gasteiger partial charge < -0.3 is 15.0 Å². The van der Waals surface area contributed by atoms with E-state index in [0.717, 1.165) is 38.4 Å². The van der Waals surface area contributed by atoms with E-state index in [1.165, 1.54) is 5.56 Å². The first-order chi connectivity index (χ1) is 13.1. The summed E-state index contributed by atoms with van der Waals surface area (Å²) in [6, 6.07) is 15.6. The highest BCUT2D eigenvalue weighted by Crippen LogP contribution is 2.27. The summed E-state index contributed by atoms with van der Waals surface area (Å²) in [6.45, 7) is 6.10. The highest BCUT2D eigenvalue weighted by molar-refractivity contribution is 6.32. The van der Waals surface area contributed by atoms with E-state index in [9.17, 15) is 4.79 Å². The average Bonchev–Trinajstić information content (AvgIpc) is 2.69. The number of ether oxygens (including phenoxy) is 1. The topological polar surface area (TPSA) is 44.8 Å². The number of nitrogens with one attached hydrogen (secondary N) is 1. The second kappa shape index (κ2) is 9.11. The Bertz CT molecular complexity index is 761. The van der Waals surface area contributed by atoms with Crippen LogP contribution in [0.15, 0.2) is 48.5 Å². The van der Waals surface area contributed by atoms with Crippen molar-refractivity contribution in [2.24, 2.45) is 0 Å². The molecule has 0 saturated carbocycles. The van der Waals surface area contributed by atoms with Gasteiger partial charge in [0.25, 0.3) is 0 Å². The minimum absolute atomic E-state index is 0.112. The summed E-state index contributed by atoms with van der Waals surface area (Å²) in [4.78, 5) is 17.1. The number of piperazine rings is 1. The van der Waals surface area contributed by atoms with E-state index in [1.807, 2.05) is 24.0 Å². The molecule has 1 aliphatic heterocycles. The van der Waals surface area contributed by atoms with Gasteiger partial charge in [-0.25, -0.2) is 0 Å². The van der Waals surface area contributed by atoms with Crippen LogP contribution in [-0.4, -0.2) is 55.0 Å². The van der Waals surface area contributed by atoms with Crippen molar-refractivity contribution in [1.82, 2.24) is 9.80 Å². The smallest absolute Gasteiger partial charge is 0.244 e. The van der Waals surface area contributed by atoms with E-state index in [0.29, 0.717) is 10.8 Å². The largest absolute Gasteiger partial charge is 0.495 e. The maximum atomic E-state index is 12.8. The van der Waals surface area contributed by atoms with E-state index in [1.54, 1.807) is 19.2 Å². The van der Waals surface area contributed by atoms with Crippen LogP contribution in [0.5, 0.6) is 5.75 Å². The van der Waals surface area contributed by atoms with Crippen LogP contribution < -0.4 is 10.1 Å². The predicted octanol–water partition coefficient (Wildman–Crippen LogP) is 3.49. The van der Waals surface area contributed by atoms with Gasteiger partial charge in [-0.3, -0.25) is 9.69 Å². The van der Waals surface area contributed by atoms with Crippen molar-refractivity contribution in [3.63, 3.8) is 0 Å². The van der Waals surface area contributed by atoms with Crippen LogP contribution in [0, 0.1) is 0 Å². The number of methoxy groups -OCH3 is 1. The second-order valence-corrected chi connectivity index (χ2v) is 7.21. The maximum Gasteiger partial charge on any atom is 0.244 e. The number of benzene rings is 2. The molecule has 27 heavy (non-hydrogen) atoms. The molecule has 1 N–H and O–H groups in total. The normalized spacial score (nSPS) is 16.0. The number of carbonyl (C=O) groups is 1. The molecule has 1 heterocycles. The summed E-state index contributed by atoms with van der Waals surface area (Å²) < 4.78 is 5.16. The molecule has 0 radical (unpaired) electrons. The minimum atomic E-state index is -0.310. The van der Waals surface area contributed by atoms with E-state index in [2.05, 4.69) is 34.5 Å². The number of rotatable bonds is 6. The van der Waals surface area contributed by atoms with Gasteiger partial charge in [0, 0.05) is 38.4 Å². The van der Waals surface area contributed by atoms with Crippen molar-refractivity contribution in [3.05, 3.63) is 59.1 Å². The SMILES string of the molecule is COc1ccc(N[C@@H](C)C(=O)N2CCN(Cc3ccccc3)CC2)cc1Cl. The molecule has 144 valence electrons. The summed E-state index contributed by atoms with van der Waals surface area (Å²) in [5, 5.41) is 3.76. The lowest BCUT2D eigenvalue weighted by Gasteiger charge is -2.36. The third-order valence-electron chi connectivity index (χ3n) is 4.84. The Kier molecular flexibility index (Phi) is 6.58. The molecule has 5 nitrogen and oxygen atoms in total. The van der Waals surface area contributed by atoms with Crippen LogP contribution in [0.2, 0.25) is 5.02 Å². The zero-order chi connectivity index (χ0) is 19.2. The Morgan fingerprint density at radius 1 is 1.15 bits per heavy atom. The molecular formula is C21H26ClN3O2. The number of hydrogen-bond acceptors (Lipinski definition) is 4. The van der Waals surface area contributed by atoms with Crippen LogP contribution in [0.4, 0.5) is 5.69 Å². The molecule has 1 saturated heterocycles. The summed E-state index contributed by atoms with van der Waals surface area (Å²) in [7, 11) is 1.58. The molecule has 1 fully saturated rings. The molecule has 0 unspecified atom stereocenters. The molecule has 2 aromatic rings. The van der Waals surface area contributed by atoms with Crippen molar-refractivity contribution >= 4 is 23.2 Å². The van der Waals surface area contributed by atoms with Gasteiger partial charge >= 0.3 is 0 Å². The lowest BCUT2D eigenvalue weighted by Crippen LogP contribution is -2.51. The van der Waals surface area contributed by atoms with Crippen molar-refractivity contribution in [1.29, 1.82) is 0 Å². The van der Waals surface area contributed by atoms with Gasteiger partial charge in [-0.05, 0) is 30.7 Å². The van der Waals surface area contributed by atoms with Crippen LogP contribution in [-0.2, 0) is 11.3 Å². The Balaban J connectivity index is 1.50. The molecule has 3 rings (SSSR count). The van der Waals surface area contributed by atoms with Crippen molar-refractivity contribution < 1.29 is 9.53 Å². The number of anilines is 1. The van der Waals surface area contributed by atoms with Gasteiger partial charge in [0.2, 0.25) is 5.91 Å². The van der Waals surface area contributed by atoms with Gasteiger partial charge in [-0.15, -0.1) is 0 Å². The molecule has 0 aliphatic carbocycles. The Labute approximate surface area is 165 Å². The number of amides is 1. The van der Waals surface area contributed by atoms with E-state index < -0.39 is 0 Å². The number of halogens is 1. The van der Waals surface area contributed by atoms with Gasteiger partial charge in [0.05, 0.1) is 12.1 Å². The lowest BCUT2D eigenvalue weighted by molar-refractivity contribution is -0.133. The van der Waals surface area contributed by atoms with Gasteiger partial charge in [-0.1, -0.05) is 41.9 Å². The first-order valence-corrected chi connectivity index (χ1v) is 9.60. The standard InChI is InChI=1S/C21H26ClN3O2/c1-16(23-18-8-9-20(27-2)19(22)14-18)21(26)25-12-10-24(11-13-25)15-17-6-4-3-5-7-17/h3-9,14,16,23H,10-13,15H2,1-2H3/t16-/m0/s1. The highest BCUT2D eigenvalue weighted by atomic mass is 35.5. The molecule has 0 spiro atoms. The molecule has 2 aromatic carbocycles. The molecule has 1 atom stereocenters. The fourth-order valence-electron chi connectivity index (χ4n) is 3.31. The number of carbonyl (C=O) groups excluding carboxylic acids is 1. The maximum absolute atomic E-state index is 12.8. The van der Waals surface area contributed by atoms with Crippen molar-refractivity contribution in [3.8, 4) is 5.75 Å². The van der Waals surface area contributed by atoms with Crippen LogP contribution in [0.3, 0.4) is 0 Å². The van der Waals surface area contributed by atoms with Crippen LogP contribution in [0.1, 0.15) is 12.5 Å². The molecule has 1 aliphatic rings. The minimum Gasteiger partial charge on any atom is -0.495 e. The van der Waals surface area contributed by atoms with Crippen LogP contribution >= 0.6 is 11.6 Å². The second-order valence-electron chi connectivity index (χ2n) is 6.80. The highest BCUT2D eigenvalue weighted by Gasteiger charge is 2.25. The summed E-state index contributed by atoms with van der Waals surface area (Å²) in [5.41, 5.74) is 2.12. The average molecular weight is 388 g/mol. The third kappa shape index (κ3) is 5.15. The quantitative estimate of drug-likeness (QED) is 0.824. The molecule has 0 aromatic heterocycles. The summed E-state index contributed by atoms with van der Waals surface area (Å²) >= 11 is 6.16. The summed E-state index contributed by atoms with van der Waals surface area (Å²) in [6.07, 6.45) is 0. The molecule has 1 amide bonds. The number of hydrogen-bond donors (Lipinski definition) is 1. The molecule has 6 heteroatoms. The molecule has 0 bridgehead atoms. The lowest BCUT2D eigenvalue weighted by atomic mass is 10.2. The van der Waals surface area contributed by atoms with Gasteiger partial charge in [-0.2, -0.15) is 0 Å². The fourth-order valence-corrected chi connectivity index (χ4v) is 3.57. The van der Waals surface area contributed by atoms with Gasteiger partial charge in [0.15, 0.2) is 0 Å². The predicted molar refractivity (Wildman–Crippen MR) is 109 cm³/mol. The van der Waals surface area contributed by atoms with Gasteiger partial charge in [0.1, 0.15) is 11.8 Å². The number of nitrogens with zero attached hydrogens (tertiary/aromatic N) is 2. The first kappa shape index (κ1) is 19.5. The Hall–Kier alpha value is -2.24. The van der Waals surface area contributed by atoms with Crippen molar-refractivity contribution in [2.75, 3.05) is 38.6 Å². The molecular weight excluding hydrogens is 362 g/mol. The third-order valence-corrected chi connectivity index (χ3v) is 5.13. The van der Waals surface area contributed by atoms with Crippen molar-refractivity contribution in [2.45, 2.75) is 19.5 Å². The summed E-state index contributed by atoms with van der Waals surface area (Å²) in [5.74, 6) is 0.733. The van der Waals surface area contributed by atoms with E-state index in [4.69, 9.17) is 16.3 Å². The van der Waals surface area contributed by atoms with Crippen LogP contribution in [0.25, 0.3) is 0 Å². The monoisotopic (exact) mass is 387 g/mol. The first-order valence-electron chi connectivity index (χ1n) is 9.22. The fraction of sp³-hybridized carbons (Fsp3) is 0.381.